The zero-order chi connectivity index (χ0) is 16.0. The Morgan fingerprint density at radius 1 is 1.27 bits per heavy atom. The molecule has 0 saturated carbocycles. The predicted octanol–water partition coefficient (Wildman–Crippen LogP) is 2.48. The van der Waals surface area contributed by atoms with Gasteiger partial charge in [0.2, 0.25) is 0 Å². The fourth-order valence-electron chi connectivity index (χ4n) is 1.76. The summed E-state index contributed by atoms with van der Waals surface area (Å²) in [6, 6.07) is 2.97. The van der Waals surface area contributed by atoms with E-state index in [0.717, 1.165) is 45.6 Å². The number of nitrogens with zero attached hydrogens (tertiary/aromatic N) is 2. The number of hydrogen-bond acceptors (Lipinski definition) is 3. The molecule has 1 heterocycles. The standard InChI is InChI=1S/C16H27FN4O/c1-3-5-11-22-12-7-10-20-16(18-4-2)21-13-15-14(17)8-6-9-19-15/h6,8-9H,3-5,7,10-13H2,1-2H3,(H2,18,20,21). The summed E-state index contributed by atoms with van der Waals surface area (Å²) in [6.07, 6.45) is 4.74. The van der Waals surface area contributed by atoms with Crippen molar-refractivity contribution in [1.29, 1.82) is 0 Å². The molecular formula is C16H27FN4O. The number of rotatable bonds is 10. The van der Waals surface area contributed by atoms with E-state index in [-0.39, 0.29) is 12.4 Å². The minimum Gasteiger partial charge on any atom is -0.381 e. The van der Waals surface area contributed by atoms with E-state index in [1.807, 2.05) is 6.92 Å². The van der Waals surface area contributed by atoms with E-state index in [4.69, 9.17) is 4.74 Å². The van der Waals surface area contributed by atoms with Crippen molar-refractivity contribution >= 4 is 5.96 Å². The first-order chi connectivity index (χ1) is 10.8. The summed E-state index contributed by atoms with van der Waals surface area (Å²) in [6.45, 7) is 7.44. The number of nitrogens with one attached hydrogen (secondary N) is 2. The molecule has 0 aliphatic carbocycles. The average molecular weight is 310 g/mol. The van der Waals surface area contributed by atoms with Crippen molar-refractivity contribution < 1.29 is 9.13 Å². The van der Waals surface area contributed by atoms with Crippen molar-refractivity contribution in [3.8, 4) is 0 Å². The Morgan fingerprint density at radius 3 is 2.82 bits per heavy atom. The van der Waals surface area contributed by atoms with Crippen molar-refractivity contribution in [1.82, 2.24) is 15.6 Å². The number of aliphatic imine (C=N–C) groups is 1. The normalized spacial score (nSPS) is 11.5. The van der Waals surface area contributed by atoms with Crippen molar-refractivity contribution in [2.75, 3.05) is 26.3 Å². The van der Waals surface area contributed by atoms with Gasteiger partial charge in [0.25, 0.3) is 0 Å². The maximum Gasteiger partial charge on any atom is 0.191 e. The lowest BCUT2D eigenvalue weighted by Crippen LogP contribution is -2.38. The minimum atomic E-state index is -0.327. The highest BCUT2D eigenvalue weighted by Gasteiger charge is 2.02. The van der Waals surface area contributed by atoms with Gasteiger partial charge in [0.1, 0.15) is 5.82 Å². The van der Waals surface area contributed by atoms with Crippen LogP contribution in [0.2, 0.25) is 0 Å². The van der Waals surface area contributed by atoms with Crippen LogP contribution in [-0.2, 0) is 11.3 Å². The molecule has 0 bridgehead atoms. The van der Waals surface area contributed by atoms with Gasteiger partial charge in [-0.15, -0.1) is 0 Å². The third-order valence-electron chi connectivity index (χ3n) is 2.97. The summed E-state index contributed by atoms with van der Waals surface area (Å²) < 4.78 is 19.0. The second-order valence-corrected chi connectivity index (χ2v) is 4.87. The van der Waals surface area contributed by atoms with Crippen LogP contribution < -0.4 is 10.6 Å². The molecular weight excluding hydrogens is 283 g/mol. The van der Waals surface area contributed by atoms with Gasteiger partial charge in [0.05, 0.1) is 12.2 Å². The molecule has 0 aliphatic rings. The van der Waals surface area contributed by atoms with E-state index in [0.29, 0.717) is 11.7 Å². The lowest BCUT2D eigenvalue weighted by Gasteiger charge is -2.11. The Morgan fingerprint density at radius 2 is 2.09 bits per heavy atom. The molecule has 0 aromatic carbocycles. The quantitative estimate of drug-likeness (QED) is 0.396. The maximum absolute atomic E-state index is 13.5. The number of aromatic nitrogens is 1. The number of pyridine rings is 1. The van der Waals surface area contributed by atoms with Crippen LogP contribution in [0.4, 0.5) is 4.39 Å². The molecule has 0 aliphatic heterocycles. The highest BCUT2D eigenvalue weighted by molar-refractivity contribution is 5.79. The number of guanidine groups is 1. The van der Waals surface area contributed by atoms with Crippen LogP contribution in [0.1, 0.15) is 38.8 Å². The van der Waals surface area contributed by atoms with Crippen LogP contribution in [0.25, 0.3) is 0 Å². The molecule has 0 amide bonds. The zero-order valence-corrected chi connectivity index (χ0v) is 13.6. The van der Waals surface area contributed by atoms with Crippen LogP contribution in [0.3, 0.4) is 0 Å². The molecule has 5 nitrogen and oxygen atoms in total. The van der Waals surface area contributed by atoms with Crippen molar-refractivity contribution in [3.05, 3.63) is 29.8 Å². The molecule has 1 rings (SSSR count). The first-order valence-electron chi connectivity index (χ1n) is 7.97. The summed E-state index contributed by atoms with van der Waals surface area (Å²) in [5.41, 5.74) is 0.350. The Hall–Kier alpha value is -1.69. The SMILES string of the molecule is CCCCOCCCNC(=NCc1ncccc1F)NCC. The molecule has 0 fully saturated rings. The Labute approximate surface area is 132 Å². The van der Waals surface area contributed by atoms with Gasteiger partial charge in [-0.2, -0.15) is 0 Å². The summed E-state index contributed by atoms with van der Waals surface area (Å²) >= 11 is 0. The summed E-state index contributed by atoms with van der Waals surface area (Å²) in [7, 11) is 0. The summed E-state index contributed by atoms with van der Waals surface area (Å²) in [5.74, 6) is 0.340. The highest BCUT2D eigenvalue weighted by Crippen LogP contribution is 2.03. The van der Waals surface area contributed by atoms with Gasteiger partial charge in [-0.3, -0.25) is 4.98 Å². The van der Waals surface area contributed by atoms with Crippen LogP contribution >= 0.6 is 0 Å². The molecule has 0 unspecified atom stereocenters. The minimum absolute atomic E-state index is 0.217. The molecule has 22 heavy (non-hydrogen) atoms. The van der Waals surface area contributed by atoms with E-state index in [1.54, 1.807) is 12.3 Å². The van der Waals surface area contributed by atoms with E-state index < -0.39 is 0 Å². The monoisotopic (exact) mass is 310 g/mol. The first kappa shape index (κ1) is 18.4. The summed E-state index contributed by atoms with van der Waals surface area (Å²) in [5, 5.41) is 6.34. The molecule has 1 aromatic rings. The van der Waals surface area contributed by atoms with Crippen molar-refractivity contribution in [2.45, 2.75) is 39.7 Å². The van der Waals surface area contributed by atoms with Crippen LogP contribution in [0, 0.1) is 5.82 Å². The predicted molar refractivity (Wildman–Crippen MR) is 87.4 cm³/mol. The van der Waals surface area contributed by atoms with Gasteiger partial charge in [0.15, 0.2) is 5.96 Å². The van der Waals surface area contributed by atoms with Crippen LogP contribution in [-0.4, -0.2) is 37.2 Å². The number of ether oxygens (including phenoxy) is 1. The molecule has 0 radical (unpaired) electrons. The topological polar surface area (TPSA) is 58.5 Å². The molecule has 0 spiro atoms. The number of hydrogen-bond donors (Lipinski definition) is 2. The zero-order valence-electron chi connectivity index (χ0n) is 13.6. The second kappa shape index (κ2) is 11.9. The van der Waals surface area contributed by atoms with Gasteiger partial charge < -0.3 is 15.4 Å². The lowest BCUT2D eigenvalue weighted by molar-refractivity contribution is 0.129. The highest BCUT2D eigenvalue weighted by atomic mass is 19.1. The van der Waals surface area contributed by atoms with E-state index in [2.05, 4.69) is 27.5 Å². The second-order valence-electron chi connectivity index (χ2n) is 4.87. The first-order valence-corrected chi connectivity index (χ1v) is 7.97. The largest absolute Gasteiger partial charge is 0.381 e. The fourth-order valence-corrected chi connectivity index (χ4v) is 1.76. The van der Waals surface area contributed by atoms with Crippen molar-refractivity contribution in [2.24, 2.45) is 4.99 Å². The third kappa shape index (κ3) is 7.93. The smallest absolute Gasteiger partial charge is 0.191 e. The van der Waals surface area contributed by atoms with Gasteiger partial charge >= 0.3 is 0 Å². The lowest BCUT2D eigenvalue weighted by atomic mass is 10.3. The molecule has 2 N–H and O–H groups in total. The van der Waals surface area contributed by atoms with Crippen LogP contribution in [0.5, 0.6) is 0 Å². The maximum atomic E-state index is 13.5. The van der Waals surface area contributed by atoms with Gasteiger partial charge in [0, 0.05) is 32.5 Å². The Bertz CT molecular complexity index is 440. The molecule has 6 heteroatoms. The van der Waals surface area contributed by atoms with Crippen LogP contribution in [0.15, 0.2) is 23.3 Å². The van der Waals surface area contributed by atoms with E-state index in [9.17, 15) is 4.39 Å². The number of halogens is 1. The van der Waals surface area contributed by atoms with Crippen molar-refractivity contribution in [3.63, 3.8) is 0 Å². The molecule has 0 saturated heterocycles. The van der Waals surface area contributed by atoms with Gasteiger partial charge in [-0.05, 0) is 31.9 Å². The van der Waals surface area contributed by atoms with E-state index in [1.165, 1.54) is 6.07 Å². The molecule has 124 valence electrons. The van der Waals surface area contributed by atoms with Gasteiger partial charge in [-0.25, -0.2) is 9.38 Å². The summed E-state index contributed by atoms with van der Waals surface area (Å²) in [4.78, 5) is 8.33. The third-order valence-corrected chi connectivity index (χ3v) is 2.97. The number of unbranched alkanes of at least 4 members (excludes halogenated alkanes) is 1. The van der Waals surface area contributed by atoms with E-state index >= 15 is 0 Å². The fraction of sp³-hybridized carbons (Fsp3) is 0.625. The molecule has 0 atom stereocenters. The Balaban J connectivity index is 2.32. The molecule has 1 aromatic heterocycles. The van der Waals surface area contributed by atoms with Gasteiger partial charge in [-0.1, -0.05) is 13.3 Å². The average Bonchev–Trinajstić information content (AvgIpc) is 2.53. The Kier molecular flexibility index (Phi) is 9.94.